The summed E-state index contributed by atoms with van der Waals surface area (Å²) in [5.74, 6) is 0.0786. The summed E-state index contributed by atoms with van der Waals surface area (Å²) in [6.45, 7) is 9.32. The SMILES string of the molecule is C=CCC1(C(=O)NCc2ccc(C=NNC(=O)OC(C)(C)C)cc2)CCc2ncc(NC(=O)OCc3ccccc3)c(=O)n21. The van der Waals surface area contributed by atoms with E-state index in [1.807, 2.05) is 42.5 Å². The third kappa shape index (κ3) is 7.97. The van der Waals surface area contributed by atoms with Gasteiger partial charge in [-0.1, -0.05) is 60.7 Å². The van der Waals surface area contributed by atoms with Gasteiger partial charge in [0, 0.05) is 13.0 Å². The summed E-state index contributed by atoms with van der Waals surface area (Å²) in [6, 6.07) is 16.3. The lowest BCUT2D eigenvalue weighted by atomic mass is 9.91. The van der Waals surface area contributed by atoms with E-state index < -0.39 is 28.9 Å². The summed E-state index contributed by atoms with van der Waals surface area (Å²) in [5.41, 5.74) is 2.12. The molecule has 1 unspecified atom stereocenters. The van der Waals surface area contributed by atoms with Crippen molar-refractivity contribution in [2.75, 3.05) is 5.32 Å². The number of nitrogens with one attached hydrogen (secondary N) is 3. The molecule has 44 heavy (non-hydrogen) atoms. The number of aryl methyl sites for hydroxylation is 1. The molecule has 12 heteroatoms. The zero-order valence-electron chi connectivity index (χ0n) is 25.0. The second-order valence-corrected chi connectivity index (χ2v) is 11.2. The van der Waals surface area contributed by atoms with Crippen LogP contribution in [0.3, 0.4) is 0 Å². The first kappa shape index (κ1) is 31.7. The molecule has 1 aliphatic rings. The van der Waals surface area contributed by atoms with E-state index >= 15 is 0 Å². The Kier molecular flexibility index (Phi) is 9.94. The average molecular weight is 601 g/mol. The Bertz CT molecular complexity index is 1590. The Hall–Kier alpha value is -5.26. The smallest absolute Gasteiger partial charge is 0.428 e. The van der Waals surface area contributed by atoms with Gasteiger partial charge in [0.25, 0.3) is 5.56 Å². The van der Waals surface area contributed by atoms with E-state index in [-0.39, 0.29) is 31.2 Å². The number of fused-ring (bicyclic) bond motifs is 1. The largest absolute Gasteiger partial charge is 0.444 e. The lowest BCUT2D eigenvalue weighted by Gasteiger charge is -2.29. The Balaban J connectivity index is 1.41. The topological polar surface area (TPSA) is 153 Å². The van der Waals surface area contributed by atoms with Crippen LogP contribution < -0.4 is 21.6 Å². The van der Waals surface area contributed by atoms with Crippen molar-refractivity contribution in [2.24, 2.45) is 5.10 Å². The minimum absolute atomic E-state index is 0.0337. The maximum Gasteiger partial charge on any atom is 0.428 e. The summed E-state index contributed by atoms with van der Waals surface area (Å²) in [6.07, 6.45) is 3.83. The zero-order chi connectivity index (χ0) is 31.7. The van der Waals surface area contributed by atoms with Crippen LogP contribution in [0.4, 0.5) is 15.3 Å². The van der Waals surface area contributed by atoms with E-state index in [9.17, 15) is 19.2 Å². The highest BCUT2D eigenvalue weighted by molar-refractivity contribution is 5.87. The number of anilines is 1. The molecular weight excluding hydrogens is 564 g/mol. The maximum absolute atomic E-state index is 13.7. The number of ether oxygens (including phenoxy) is 2. The zero-order valence-corrected chi connectivity index (χ0v) is 25.0. The molecule has 3 amide bonds. The molecule has 3 aromatic rings. The lowest BCUT2D eigenvalue weighted by molar-refractivity contribution is -0.129. The molecule has 1 atom stereocenters. The second kappa shape index (κ2) is 13.8. The first-order valence-electron chi connectivity index (χ1n) is 14.1. The number of rotatable bonds is 10. The van der Waals surface area contributed by atoms with Crippen LogP contribution in [0.1, 0.15) is 56.1 Å². The fraction of sp³-hybridized carbons (Fsp3) is 0.312. The van der Waals surface area contributed by atoms with Crippen LogP contribution >= 0.6 is 0 Å². The van der Waals surface area contributed by atoms with E-state index in [0.717, 1.165) is 16.7 Å². The molecule has 0 saturated carbocycles. The monoisotopic (exact) mass is 600 g/mol. The van der Waals surface area contributed by atoms with Crippen molar-refractivity contribution in [3.05, 3.63) is 106 Å². The van der Waals surface area contributed by atoms with Gasteiger partial charge in [-0.25, -0.2) is 20.0 Å². The number of benzene rings is 2. The summed E-state index contributed by atoms with van der Waals surface area (Å²) in [7, 11) is 0. The van der Waals surface area contributed by atoms with E-state index in [0.29, 0.717) is 18.7 Å². The van der Waals surface area contributed by atoms with Gasteiger partial charge in [-0.05, 0) is 50.3 Å². The minimum Gasteiger partial charge on any atom is -0.444 e. The molecule has 0 saturated heterocycles. The predicted molar refractivity (Wildman–Crippen MR) is 165 cm³/mol. The molecule has 3 N–H and O–H groups in total. The quantitative estimate of drug-likeness (QED) is 0.177. The molecule has 0 bridgehead atoms. The number of carbonyl (C=O) groups excluding carboxylic acids is 3. The number of hydrazone groups is 1. The molecule has 1 aliphatic heterocycles. The van der Waals surface area contributed by atoms with Crippen LogP contribution in [-0.4, -0.2) is 39.5 Å². The summed E-state index contributed by atoms with van der Waals surface area (Å²) in [5, 5.41) is 9.30. The van der Waals surface area contributed by atoms with Gasteiger partial charge in [0.15, 0.2) is 0 Å². The molecule has 4 rings (SSSR count). The van der Waals surface area contributed by atoms with Gasteiger partial charge < -0.3 is 14.8 Å². The molecule has 0 fully saturated rings. The standard InChI is InChI=1S/C32H36N6O6/c1-5-16-32(28(40)34-18-22-11-13-23(14-12-22)19-35-37-30(42)44-31(2,3)4)17-15-26-33-20-25(27(39)38(26)32)36-29(41)43-21-24-9-7-6-8-10-24/h5-14,19-20H,1,15-18,21H2,2-4H3,(H,34,40)(H,36,41)(H,37,42). The molecular formula is C32H36N6O6. The van der Waals surface area contributed by atoms with Crippen molar-refractivity contribution >= 4 is 30.0 Å². The van der Waals surface area contributed by atoms with Gasteiger partial charge in [0.1, 0.15) is 29.3 Å². The van der Waals surface area contributed by atoms with Crippen LogP contribution in [0.25, 0.3) is 0 Å². The summed E-state index contributed by atoms with van der Waals surface area (Å²) >= 11 is 0. The van der Waals surface area contributed by atoms with Crippen LogP contribution in [0, 0.1) is 0 Å². The lowest BCUT2D eigenvalue weighted by Crippen LogP contribution is -2.50. The number of nitrogens with zero attached hydrogens (tertiary/aromatic N) is 3. The highest BCUT2D eigenvalue weighted by Crippen LogP contribution is 2.34. The normalized spacial score (nSPS) is 15.7. The molecule has 12 nitrogen and oxygen atoms in total. The molecule has 230 valence electrons. The second-order valence-electron chi connectivity index (χ2n) is 11.2. The van der Waals surface area contributed by atoms with Gasteiger partial charge in [-0.15, -0.1) is 6.58 Å². The molecule has 2 heterocycles. The number of hydrogen-bond acceptors (Lipinski definition) is 8. The van der Waals surface area contributed by atoms with Crippen molar-refractivity contribution in [3.8, 4) is 0 Å². The number of amides is 3. The van der Waals surface area contributed by atoms with E-state index in [1.165, 1.54) is 17.0 Å². The van der Waals surface area contributed by atoms with E-state index in [4.69, 9.17) is 9.47 Å². The van der Waals surface area contributed by atoms with Gasteiger partial charge in [-0.3, -0.25) is 19.5 Å². The van der Waals surface area contributed by atoms with Crippen LogP contribution in [-0.2, 0) is 39.4 Å². The van der Waals surface area contributed by atoms with Crippen LogP contribution in [0.5, 0.6) is 0 Å². The van der Waals surface area contributed by atoms with Crippen molar-refractivity contribution in [2.45, 2.75) is 64.3 Å². The summed E-state index contributed by atoms with van der Waals surface area (Å²) in [4.78, 5) is 55.8. The Morgan fingerprint density at radius 1 is 1.07 bits per heavy atom. The third-order valence-electron chi connectivity index (χ3n) is 6.78. The van der Waals surface area contributed by atoms with Gasteiger partial charge in [-0.2, -0.15) is 5.10 Å². The highest BCUT2D eigenvalue weighted by atomic mass is 16.6. The van der Waals surface area contributed by atoms with E-state index in [1.54, 1.807) is 39.0 Å². The average Bonchev–Trinajstić information content (AvgIpc) is 3.37. The van der Waals surface area contributed by atoms with E-state index in [2.05, 4.69) is 32.7 Å². The molecule has 2 aromatic carbocycles. The third-order valence-corrected chi connectivity index (χ3v) is 6.78. The predicted octanol–water partition coefficient (Wildman–Crippen LogP) is 4.38. The van der Waals surface area contributed by atoms with Gasteiger partial charge in [0.05, 0.1) is 12.4 Å². The van der Waals surface area contributed by atoms with Gasteiger partial charge >= 0.3 is 12.2 Å². The summed E-state index contributed by atoms with van der Waals surface area (Å²) < 4.78 is 11.7. The fourth-order valence-corrected chi connectivity index (χ4v) is 4.76. The van der Waals surface area contributed by atoms with Crippen molar-refractivity contribution < 1.29 is 23.9 Å². The first-order valence-corrected chi connectivity index (χ1v) is 14.1. The van der Waals surface area contributed by atoms with Crippen molar-refractivity contribution in [1.29, 1.82) is 0 Å². The van der Waals surface area contributed by atoms with Crippen molar-refractivity contribution in [1.82, 2.24) is 20.3 Å². The molecule has 0 radical (unpaired) electrons. The number of hydrogen-bond donors (Lipinski definition) is 3. The fourth-order valence-electron chi connectivity index (χ4n) is 4.76. The van der Waals surface area contributed by atoms with Crippen LogP contribution in [0.15, 0.2) is 83.3 Å². The first-order chi connectivity index (χ1) is 21.0. The van der Waals surface area contributed by atoms with Gasteiger partial charge in [0.2, 0.25) is 5.91 Å². The maximum atomic E-state index is 13.7. The molecule has 0 aliphatic carbocycles. The number of aromatic nitrogens is 2. The number of allylic oxidation sites excluding steroid dienone is 1. The minimum atomic E-state index is -1.26. The number of carbonyl (C=O) groups is 3. The van der Waals surface area contributed by atoms with Crippen LogP contribution in [0.2, 0.25) is 0 Å². The van der Waals surface area contributed by atoms with Crippen molar-refractivity contribution in [3.63, 3.8) is 0 Å². The Morgan fingerprint density at radius 2 is 1.80 bits per heavy atom. The Morgan fingerprint density at radius 3 is 2.48 bits per heavy atom. The highest BCUT2D eigenvalue weighted by Gasteiger charge is 2.46. The molecule has 0 spiro atoms. The molecule has 1 aromatic heterocycles. The Labute approximate surface area is 255 Å².